The fraction of sp³-hybridized carbons (Fsp3) is 0.756. The molecule has 0 aromatic rings. The highest BCUT2D eigenvalue weighted by Gasteiger charge is 2.46. The highest BCUT2D eigenvalue weighted by Crippen LogP contribution is 2.69. The van der Waals surface area contributed by atoms with Crippen LogP contribution in [0.4, 0.5) is 0 Å². The van der Waals surface area contributed by atoms with Crippen LogP contribution >= 0.6 is 18.0 Å². The van der Waals surface area contributed by atoms with Crippen molar-refractivity contribution in [2.45, 2.75) is 88.9 Å². The Bertz CT molecular complexity index is 1310. The first kappa shape index (κ1) is 53.9. The largest absolute Gasteiger partial charge is 0.377 e. The predicted molar refractivity (Wildman–Crippen MR) is 227 cm³/mol. The summed E-state index contributed by atoms with van der Waals surface area (Å²) >= 11 is 1.20. The van der Waals surface area contributed by atoms with Crippen LogP contribution in [0.5, 0.6) is 0 Å². The zero-order valence-electron chi connectivity index (χ0n) is 35.4. The van der Waals surface area contributed by atoms with Crippen molar-refractivity contribution >= 4 is 41.6 Å². The van der Waals surface area contributed by atoms with Crippen LogP contribution in [0, 0.1) is 42.9 Å². The highest BCUT2D eigenvalue weighted by atomic mass is 32.7. The molecule has 1 rings (SSSR count). The van der Waals surface area contributed by atoms with Gasteiger partial charge in [0, 0.05) is 55.5 Å². The van der Waals surface area contributed by atoms with Crippen molar-refractivity contribution in [2.24, 2.45) is 5.92 Å². The minimum absolute atomic E-state index is 0.00113. The molecule has 4 N–H and O–H groups in total. The Labute approximate surface area is 355 Å². The van der Waals surface area contributed by atoms with Gasteiger partial charge in [0.2, 0.25) is 23.6 Å². The quantitative estimate of drug-likeness (QED) is 0.0413. The molecule has 18 heteroatoms. The predicted octanol–water partition coefficient (Wildman–Crippen LogP) is 2.68. The van der Waals surface area contributed by atoms with Crippen molar-refractivity contribution < 1.29 is 56.7 Å². The number of hydrogen-bond donors (Lipinski definition) is 4. The Balaban J connectivity index is 3.06. The van der Waals surface area contributed by atoms with Crippen LogP contribution in [-0.2, 0) is 56.7 Å². The second kappa shape index (κ2) is 31.7. The molecule has 0 saturated heterocycles. The first-order valence-electron chi connectivity index (χ1n) is 20.0. The molecule has 0 spiro atoms. The summed E-state index contributed by atoms with van der Waals surface area (Å²) in [6.45, 7) is 6.51. The standard InChI is InChI=1S/C41H67N4O12PS/c1-8-20-51-26-29-54-23-17-42-36(46)11-14-41(15-12-37(47)43-18-24-55-30-27-52-21-9-2,16-13-38(48)44-19-25-56-31-28-53-22-10-3)45-39(49)34-32-35(33-34)57-58(50,59-7)40(4,5)6/h1-3,34-35H,11-33H2,4-7H3,(H,42,46)(H,43,47)(H,44,48)(H,45,49). The van der Waals surface area contributed by atoms with Crippen molar-refractivity contribution in [3.63, 3.8) is 0 Å². The summed E-state index contributed by atoms with van der Waals surface area (Å²) in [7, 11) is 0. The normalized spacial score (nSPS) is 16.0. The third-order valence-electron chi connectivity index (χ3n) is 9.07. The minimum Gasteiger partial charge on any atom is -0.377 e. The van der Waals surface area contributed by atoms with Gasteiger partial charge in [0.25, 0.3) is 6.57 Å². The van der Waals surface area contributed by atoms with Crippen LogP contribution in [0.25, 0.3) is 0 Å². The first-order valence-corrected chi connectivity index (χ1v) is 23.4. The Hall–Kier alpha value is -3.14. The SMILES string of the molecule is C#CCOCCOCCNC(=O)CCC(CCC(=O)NCCOCCOCC#C)(CCC(=O)NCCOCCOCC#C)NC(=O)C1CC(OP(=O)(SC)C(C)(C)C)C1. The number of ether oxygens (including phenoxy) is 6. The molecular formula is C41H67N4O12PS. The monoisotopic (exact) mass is 870 g/mol. The van der Waals surface area contributed by atoms with E-state index in [4.69, 9.17) is 52.2 Å². The molecule has 334 valence electrons. The Morgan fingerprint density at radius 3 is 1.31 bits per heavy atom. The van der Waals surface area contributed by atoms with E-state index in [0.717, 1.165) is 0 Å². The Kier molecular flexibility index (Phi) is 28.9. The number of carbonyl (C=O) groups is 4. The zero-order chi connectivity index (χ0) is 43.8. The van der Waals surface area contributed by atoms with E-state index >= 15 is 0 Å². The molecule has 1 fully saturated rings. The highest BCUT2D eigenvalue weighted by molar-refractivity contribution is 8.56. The topological polar surface area (TPSA) is 198 Å². The van der Waals surface area contributed by atoms with Gasteiger partial charge in [-0.15, -0.1) is 19.3 Å². The molecule has 0 aromatic heterocycles. The van der Waals surface area contributed by atoms with Crippen LogP contribution in [0.2, 0.25) is 0 Å². The fourth-order valence-electron chi connectivity index (χ4n) is 5.63. The van der Waals surface area contributed by atoms with Crippen LogP contribution in [0.3, 0.4) is 0 Å². The summed E-state index contributed by atoms with van der Waals surface area (Å²) in [5.74, 6) is 5.52. The number of hydrogen-bond acceptors (Lipinski definition) is 13. The van der Waals surface area contributed by atoms with E-state index in [-0.39, 0.29) is 128 Å². The number of carbonyl (C=O) groups excluding carboxylic acids is 4. The summed E-state index contributed by atoms with van der Waals surface area (Å²) < 4.78 is 51.6. The van der Waals surface area contributed by atoms with Gasteiger partial charge in [0.15, 0.2) is 0 Å². The lowest BCUT2D eigenvalue weighted by molar-refractivity contribution is -0.134. The summed E-state index contributed by atoms with van der Waals surface area (Å²) in [5, 5.41) is 11.1. The molecule has 0 aliphatic heterocycles. The molecular weight excluding hydrogens is 804 g/mol. The first-order chi connectivity index (χ1) is 28.2. The maximum Gasteiger partial charge on any atom is 0.262 e. The van der Waals surface area contributed by atoms with Crippen LogP contribution in [0.1, 0.15) is 72.1 Å². The minimum atomic E-state index is -3.05. The second-order valence-corrected chi connectivity index (χ2v) is 20.1. The maximum atomic E-state index is 13.9. The van der Waals surface area contributed by atoms with Gasteiger partial charge in [-0.1, -0.05) is 49.9 Å². The van der Waals surface area contributed by atoms with Crippen molar-refractivity contribution in [1.29, 1.82) is 0 Å². The molecule has 0 heterocycles. The average Bonchev–Trinajstić information content (AvgIpc) is 3.19. The molecule has 1 unspecified atom stereocenters. The van der Waals surface area contributed by atoms with Crippen molar-refractivity contribution in [3.8, 4) is 37.0 Å². The number of terminal acetylenes is 3. The molecule has 1 saturated carbocycles. The van der Waals surface area contributed by atoms with Crippen LogP contribution in [-0.4, -0.2) is 146 Å². The van der Waals surface area contributed by atoms with E-state index in [2.05, 4.69) is 39.0 Å². The van der Waals surface area contributed by atoms with E-state index in [1.54, 1.807) is 6.26 Å². The summed E-state index contributed by atoms with van der Waals surface area (Å²) in [6, 6.07) is 0. The molecule has 1 aliphatic carbocycles. The number of amides is 4. The van der Waals surface area contributed by atoms with Gasteiger partial charge in [-0.2, -0.15) is 0 Å². The molecule has 1 aliphatic rings. The third-order valence-corrected chi connectivity index (χ3v) is 15.1. The lowest BCUT2D eigenvalue weighted by atomic mass is 9.78. The molecule has 4 amide bonds. The van der Waals surface area contributed by atoms with Gasteiger partial charge in [-0.3, -0.25) is 23.7 Å². The maximum absolute atomic E-state index is 13.9. The van der Waals surface area contributed by atoms with Gasteiger partial charge in [-0.05, 0) is 38.4 Å². The van der Waals surface area contributed by atoms with E-state index in [1.165, 1.54) is 11.4 Å². The van der Waals surface area contributed by atoms with E-state index in [1.807, 2.05) is 20.8 Å². The van der Waals surface area contributed by atoms with Crippen LogP contribution in [0.15, 0.2) is 0 Å². The van der Waals surface area contributed by atoms with Crippen LogP contribution < -0.4 is 21.3 Å². The molecule has 16 nitrogen and oxygen atoms in total. The third kappa shape index (κ3) is 24.6. The van der Waals surface area contributed by atoms with E-state index in [9.17, 15) is 23.7 Å². The van der Waals surface area contributed by atoms with Crippen molar-refractivity contribution in [3.05, 3.63) is 0 Å². The molecule has 59 heavy (non-hydrogen) atoms. The van der Waals surface area contributed by atoms with Gasteiger partial charge in [-0.25, -0.2) is 0 Å². The molecule has 0 radical (unpaired) electrons. The molecule has 0 aromatic carbocycles. The van der Waals surface area contributed by atoms with Gasteiger partial charge >= 0.3 is 0 Å². The molecule has 0 bridgehead atoms. The van der Waals surface area contributed by atoms with Gasteiger partial charge in [0.05, 0.1) is 65.6 Å². The lowest BCUT2D eigenvalue weighted by Crippen LogP contribution is -2.54. The Morgan fingerprint density at radius 1 is 0.627 bits per heavy atom. The zero-order valence-corrected chi connectivity index (χ0v) is 37.1. The Morgan fingerprint density at radius 2 is 0.983 bits per heavy atom. The van der Waals surface area contributed by atoms with E-state index < -0.39 is 23.2 Å². The second-order valence-electron chi connectivity index (χ2n) is 14.7. The lowest BCUT2D eigenvalue weighted by Gasteiger charge is -2.42. The summed E-state index contributed by atoms with van der Waals surface area (Å²) in [4.78, 5) is 53.2. The van der Waals surface area contributed by atoms with Crippen molar-refractivity contribution in [1.82, 2.24) is 21.3 Å². The van der Waals surface area contributed by atoms with E-state index in [0.29, 0.717) is 52.5 Å². The summed E-state index contributed by atoms with van der Waals surface area (Å²) in [6.07, 6.45) is 18.1. The number of rotatable bonds is 35. The molecule has 1 atom stereocenters. The summed E-state index contributed by atoms with van der Waals surface area (Å²) in [5.41, 5.74) is -1.12. The average molecular weight is 871 g/mol. The fourth-order valence-corrected chi connectivity index (χ4v) is 9.41. The van der Waals surface area contributed by atoms with Gasteiger partial charge in [0.1, 0.15) is 19.8 Å². The number of nitrogens with one attached hydrogen (secondary N) is 4. The van der Waals surface area contributed by atoms with Gasteiger partial charge < -0.3 is 54.2 Å². The van der Waals surface area contributed by atoms with Crippen molar-refractivity contribution in [2.75, 3.05) is 105 Å². The smallest absolute Gasteiger partial charge is 0.262 e.